The molecule has 0 aliphatic carbocycles. The van der Waals surface area contributed by atoms with E-state index in [2.05, 4.69) is 47.7 Å². The first kappa shape index (κ1) is 11.9. The third-order valence-electron chi connectivity index (χ3n) is 2.31. The normalized spacial score (nSPS) is 13.9. The first-order valence-corrected chi connectivity index (χ1v) is 4.88. The highest BCUT2D eigenvalue weighted by atomic mass is 35.5. The van der Waals surface area contributed by atoms with Crippen LogP contribution in [-0.4, -0.2) is 19.0 Å². The maximum Gasteiger partial charge on any atom is 0.195 e. The van der Waals surface area contributed by atoms with Gasteiger partial charge in [0.2, 0.25) is 0 Å². The van der Waals surface area contributed by atoms with E-state index in [4.69, 9.17) is 0 Å². The fraction of sp³-hybridized carbons (Fsp3) is 0.364. The number of guanidine groups is 1. The molecule has 0 atom stereocenters. The van der Waals surface area contributed by atoms with Gasteiger partial charge in [0.1, 0.15) is 0 Å². The number of rotatable bonds is 1. The van der Waals surface area contributed by atoms with E-state index in [9.17, 15) is 0 Å². The Labute approximate surface area is 96.4 Å². The number of hydrogen-bond donors (Lipinski definition) is 2. The molecule has 3 nitrogen and oxygen atoms in total. The van der Waals surface area contributed by atoms with Crippen LogP contribution in [0.2, 0.25) is 0 Å². The van der Waals surface area contributed by atoms with Gasteiger partial charge in [0.25, 0.3) is 0 Å². The van der Waals surface area contributed by atoms with Crippen LogP contribution in [0.15, 0.2) is 23.2 Å². The molecule has 2 N–H and O–H groups in total. The number of nitrogens with one attached hydrogen (secondary N) is 2. The molecular weight excluding hydrogens is 210 g/mol. The third kappa shape index (κ3) is 2.86. The largest absolute Gasteiger partial charge is 0.354 e. The lowest BCUT2D eigenvalue weighted by atomic mass is 10.1. The Morgan fingerprint density at radius 2 is 2.13 bits per heavy atom. The van der Waals surface area contributed by atoms with Crippen molar-refractivity contribution in [1.29, 1.82) is 0 Å². The molecule has 15 heavy (non-hydrogen) atoms. The molecule has 0 saturated heterocycles. The van der Waals surface area contributed by atoms with Crippen molar-refractivity contribution in [1.82, 2.24) is 5.32 Å². The van der Waals surface area contributed by atoms with Crippen molar-refractivity contribution >= 4 is 24.1 Å². The number of nitrogens with zero attached hydrogens (tertiary/aromatic N) is 1. The first-order valence-electron chi connectivity index (χ1n) is 4.88. The Hall–Kier alpha value is -1.22. The number of aryl methyl sites for hydroxylation is 2. The predicted octanol–water partition coefficient (Wildman–Crippen LogP) is 2.10. The number of anilines is 1. The van der Waals surface area contributed by atoms with Gasteiger partial charge in [-0.2, -0.15) is 0 Å². The molecule has 82 valence electrons. The second-order valence-electron chi connectivity index (χ2n) is 3.60. The van der Waals surface area contributed by atoms with Gasteiger partial charge in [0.15, 0.2) is 5.96 Å². The molecule has 1 aliphatic rings. The molecule has 0 radical (unpaired) electrons. The van der Waals surface area contributed by atoms with Crippen LogP contribution in [0.5, 0.6) is 0 Å². The second kappa shape index (κ2) is 5.03. The zero-order valence-electron chi connectivity index (χ0n) is 9.00. The maximum atomic E-state index is 4.29. The van der Waals surface area contributed by atoms with Crippen molar-refractivity contribution in [2.75, 3.05) is 18.4 Å². The topological polar surface area (TPSA) is 36.4 Å². The van der Waals surface area contributed by atoms with Crippen molar-refractivity contribution in [2.45, 2.75) is 13.8 Å². The van der Waals surface area contributed by atoms with E-state index in [0.717, 1.165) is 24.7 Å². The Morgan fingerprint density at radius 3 is 2.73 bits per heavy atom. The molecular formula is C11H16ClN3. The maximum absolute atomic E-state index is 4.29. The van der Waals surface area contributed by atoms with Gasteiger partial charge in [-0.25, -0.2) is 0 Å². The van der Waals surface area contributed by atoms with E-state index in [1.807, 2.05) is 0 Å². The van der Waals surface area contributed by atoms with E-state index >= 15 is 0 Å². The lowest BCUT2D eigenvalue weighted by Gasteiger charge is -2.09. The van der Waals surface area contributed by atoms with Crippen LogP contribution in [0.3, 0.4) is 0 Å². The Kier molecular flexibility index (Phi) is 3.97. The van der Waals surface area contributed by atoms with E-state index in [1.165, 1.54) is 11.1 Å². The summed E-state index contributed by atoms with van der Waals surface area (Å²) in [6.07, 6.45) is 0. The zero-order chi connectivity index (χ0) is 9.97. The van der Waals surface area contributed by atoms with Crippen molar-refractivity contribution in [3.05, 3.63) is 29.3 Å². The molecule has 0 bridgehead atoms. The van der Waals surface area contributed by atoms with Crippen LogP contribution >= 0.6 is 12.4 Å². The molecule has 0 spiro atoms. The molecule has 1 aromatic rings. The van der Waals surface area contributed by atoms with E-state index < -0.39 is 0 Å². The second-order valence-corrected chi connectivity index (χ2v) is 3.60. The molecule has 0 aromatic heterocycles. The molecule has 1 aliphatic heterocycles. The third-order valence-corrected chi connectivity index (χ3v) is 2.31. The monoisotopic (exact) mass is 225 g/mol. The molecule has 4 heteroatoms. The Morgan fingerprint density at radius 1 is 1.33 bits per heavy atom. The lowest BCUT2D eigenvalue weighted by Crippen LogP contribution is -2.26. The van der Waals surface area contributed by atoms with Gasteiger partial charge in [-0.05, 0) is 25.5 Å². The minimum absolute atomic E-state index is 0. The highest BCUT2D eigenvalue weighted by Gasteiger charge is 2.05. The summed E-state index contributed by atoms with van der Waals surface area (Å²) in [6, 6.07) is 6.36. The fourth-order valence-corrected chi connectivity index (χ4v) is 1.56. The quantitative estimate of drug-likeness (QED) is 0.768. The van der Waals surface area contributed by atoms with Gasteiger partial charge in [0.05, 0.1) is 6.54 Å². The molecule has 2 rings (SSSR count). The van der Waals surface area contributed by atoms with Gasteiger partial charge in [0, 0.05) is 12.2 Å². The van der Waals surface area contributed by atoms with Crippen LogP contribution in [0.25, 0.3) is 0 Å². The Bertz CT molecular complexity index is 374. The van der Waals surface area contributed by atoms with E-state index in [-0.39, 0.29) is 12.4 Å². The zero-order valence-corrected chi connectivity index (χ0v) is 9.82. The molecule has 0 fully saturated rings. The van der Waals surface area contributed by atoms with Crippen molar-refractivity contribution in [2.24, 2.45) is 4.99 Å². The number of benzene rings is 1. The summed E-state index contributed by atoms with van der Waals surface area (Å²) in [6.45, 7) is 6.01. The smallest absolute Gasteiger partial charge is 0.195 e. The van der Waals surface area contributed by atoms with E-state index in [1.54, 1.807) is 0 Å². The minimum atomic E-state index is 0. The molecule has 1 heterocycles. The number of aliphatic imine (C=N–C) groups is 1. The average molecular weight is 226 g/mol. The predicted molar refractivity (Wildman–Crippen MR) is 67.1 cm³/mol. The minimum Gasteiger partial charge on any atom is -0.354 e. The fourth-order valence-electron chi connectivity index (χ4n) is 1.56. The SMILES string of the molecule is Cc1ccc(NC2=NCCN2)c(C)c1.Cl. The van der Waals surface area contributed by atoms with Crippen LogP contribution < -0.4 is 10.6 Å². The van der Waals surface area contributed by atoms with E-state index in [0.29, 0.717) is 0 Å². The summed E-state index contributed by atoms with van der Waals surface area (Å²) in [7, 11) is 0. The molecule has 0 saturated carbocycles. The van der Waals surface area contributed by atoms with Crippen LogP contribution in [0.4, 0.5) is 5.69 Å². The molecule has 0 unspecified atom stereocenters. The van der Waals surface area contributed by atoms with Crippen LogP contribution in [0, 0.1) is 13.8 Å². The van der Waals surface area contributed by atoms with Gasteiger partial charge >= 0.3 is 0 Å². The van der Waals surface area contributed by atoms with Crippen molar-refractivity contribution < 1.29 is 0 Å². The lowest BCUT2D eigenvalue weighted by molar-refractivity contribution is 0.959. The van der Waals surface area contributed by atoms with Gasteiger partial charge < -0.3 is 10.6 Å². The Balaban J connectivity index is 0.00000112. The summed E-state index contributed by atoms with van der Waals surface area (Å²) < 4.78 is 0. The summed E-state index contributed by atoms with van der Waals surface area (Å²) in [5, 5.41) is 6.46. The highest BCUT2D eigenvalue weighted by Crippen LogP contribution is 2.15. The van der Waals surface area contributed by atoms with Crippen molar-refractivity contribution in [3.63, 3.8) is 0 Å². The van der Waals surface area contributed by atoms with Gasteiger partial charge in [-0.15, -0.1) is 12.4 Å². The first-order chi connectivity index (χ1) is 6.75. The van der Waals surface area contributed by atoms with Crippen molar-refractivity contribution in [3.8, 4) is 0 Å². The molecule has 1 aromatic carbocycles. The highest BCUT2D eigenvalue weighted by molar-refractivity contribution is 5.95. The summed E-state index contributed by atoms with van der Waals surface area (Å²) in [5.41, 5.74) is 3.67. The molecule has 0 amide bonds. The van der Waals surface area contributed by atoms with Gasteiger partial charge in [-0.1, -0.05) is 17.7 Å². The summed E-state index contributed by atoms with van der Waals surface area (Å²) in [4.78, 5) is 4.29. The van der Waals surface area contributed by atoms with Crippen LogP contribution in [0.1, 0.15) is 11.1 Å². The average Bonchev–Trinajstić information content (AvgIpc) is 2.62. The van der Waals surface area contributed by atoms with Gasteiger partial charge in [-0.3, -0.25) is 4.99 Å². The number of hydrogen-bond acceptors (Lipinski definition) is 3. The summed E-state index contributed by atoms with van der Waals surface area (Å²) in [5.74, 6) is 0.886. The number of halogens is 1. The standard InChI is InChI=1S/C11H15N3.ClH/c1-8-3-4-10(9(2)7-8)14-11-12-5-6-13-11;/h3-4,7H,5-6H2,1-2H3,(H2,12,13,14);1H. The van der Waals surface area contributed by atoms with Crippen LogP contribution in [-0.2, 0) is 0 Å². The summed E-state index contributed by atoms with van der Waals surface area (Å²) >= 11 is 0.